The summed E-state index contributed by atoms with van der Waals surface area (Å²) < 4.78 is 38.4. The number of nitrogens with two attached hydrogens (primary N) is 1. The van der Waals surface area contributed by atoms with Crippen LogP contribution in [0.3, 0.4) is 0 Å². The van der Waals surface area contributed by atoms with Gasteiger partial charge in [-0.1, -0.05) is 13.8 Å². The molecular weight excluding hydrogens is 255 g/mol. The standard InChI is InChI=1S/C13H18F3N3/c1-8(2)10-4-3-5-19(10)12-7-9(13(14,15)16)6-11(17)18-12/h6-8,10H,3-5H2,1-2H3,(H2,17,18). The molecule has 0 saturated carbocycles. The Balaban J connectivity index is 2.37. The summed E-state index contributed by atoms with van der Waals surface area (Å²) in [6.07, 6.45) is -2.44. The quantitative estimate of drug-likeness (QED) is 0.899. The zero-order valence-electron chi connectivity index (χ0n) is 11.0. The lowest BCUT2D eigenvalue weighted by molar-refractivity contribution is -0.137. The van der Waals surface area contributed by atoms with Gasteiger partial charge in [-0.15, -0.1) is 0 Å². The summed E-state index contributed by atoms with van der Waals surface area (Å²) in [5, 5.41) is 0. The van der Waals surface area contributed by atoms with Crippen molar-refractivity contribution in [2.24, 2.45) is 5.92 Å². The lowest BCUT2D eigenvalue weighted by Crippen LogP contribution is -2.34. The number of rotatable bonds is 2. The third-order valence-electron chi connectivity index (χ3n) is 3.52. The molecule has 1 aromatic heterocycles. The van der Waals surface area contributed by atoms with Crippen LogP contribution in [0.1, 0.15) is 32.3 Å². The van der Waals surface area contributed by atoms with Crippen LogP contribution in [0, 0.1) is 5.92 Å². The molecule has 3 nitrogen and oxygen atoms in total. The van der Waals surface area contributed by atoms with Crippen molar-refractivity contribution < 1.29 is 13.2 Å². The number of aromatic nitrogens is 1. The highest BCUT2D eigenvalue weighted by atomic mass is 19.4. The van der Waals surface area contributed by atoms with Crippen LogP contribution in [0.2, 0.25) is 0 Å². The Kier molecular flexibility index (Phi) is 3.60. The minimum Gasteiger partial charge on any atom is -0.384 e. The fourth-order valence-electron chi connectivity index (χ4n) is 2.62. The van der Waals surface area contributed by atoms with Crippen molar-refractivity contribution >= 4 is 11.6 Å². The molecule has 1 aromatic rings. The monoisotopic (exact) mass is 273 g/mol. The topological polar surface area (TPSA) is 42.1 Å². The van der Waals surface area contributed by atoms with Gasteiger partial charge in [-0.2, -0.15) is 13.2 Å². The Hall–Kier alpha value is -1.46. The number of hydrogen-bond acceptors (Lipinski definition) is 3. The second-order valence-electron chi connectivity index (χ2n) is 5.28. The van der Waals surface area contributed by atoms with Gasteiger partial charge in [0.05, 0.1) is 5.56 Å². The molecule has 2 heterocycles. The molecule has 6 heteroatoms. The van der Waals surface area contributed by atoms with Crippen LogP contribution in [0.5, 0.6) is 0 Å². The predicted octanol–water partition coefficient (Wildman–Crippen LogP) is 3.31. The summed E-state index contributed by atoms with van der Waals surface area (Å²) >= 11 is 0. The van der Waals surface area contributed by atoms with Gasteiger partial charge in [0.1, 0.15) is 11.6 Å². The summed E-state index contributed by atoms with van der Waals surface area (Å²) in [6, 6.07) is 2.21. The maximum atomic E-state index is 12.8. The molecule has 2 N–H and O–H groups in total. The number of nitrogens with zero attached hydrogens (tertiary/aromatic N) is 2. The third kappa shape index (κ3) is 2.93. The van der Waals surface area contributed by atoms with E-state index in [2.05, 4.69) is 18.8 Å². The van der Waals surface area contributed by atoms with E-state index in [0.717, 1.165) is 31.5 Å². The van der Waals surface area contributed by atoms with Crippen molar-refractivity contribution in [3.63, 3.8) is 0 Å². The van der Waals surface area contributed by atoms with E-state index in [1.54, 1.807) is 0 Å². The van der Waals surface area contributed by atoms with Crippen molar-refractivity contribution in [1.82, 2.24) is 4.98 Å². The van der Waals surface area contributed by atoms with E-state index in [-0.39, 0.29) is 11.9 Å². The van der Waals surface area contributed by atoms with Crippen molar-refractivity contribution in [3.8, 4) is 0 Å². The largest absolute Gasteiger partial charge is 0.416 e. The van der Waals surface area contributed by atoms with Crippen LogP contribution in [-0.4, -0.2) is 17.6 Å². The molecule has 0 spiro atoms. The first-order valence-electron chi connectivity index (χ1n) is 6.40. The molecule has 0 radical (unpaired) electrons. The third-order valence-corrected chi connectivity index (χ3v) is 3.52. The van der Waals surface area contributed by atoms with Crippen LogP contribution in [0.4, 0.5) is 24.8 Å². The Morgan fingerprint density at radius 3 is 2.63 bits per heavy atom. The second-order valence-corrected chi connectivity index (χ2v) is 5.28. The molecule has 1 unspecified atom stereocenters. The maximum Gasteiger partial charge on any atom is 0.416 e. The molecular formula is C13H18F3N3. The molecule has 0 aromatic carbocycles. The van der Waals surface area contributed by atoms with Gasteiger partial charge in [0.25, 0.3) is 0 Å². The van der Waals surface area contributed by atoms with E-state index in [0.29, 0.717) is 11.7 Å². The molecule has 0 bridgehead atoms. The minimum absolute atomic E-state index is 0.0840. The average Bonchev–Trinajstić information content (AvgIpc) is 2.75. The first kappa shape index (κ1) is 14.0. The minimum atomic E-state index is -4.39. The number of anilines is 2. The van der Waals surface area contributed by atoms with E-state index < -0.39 is 11.7 Å². The van der Waals surface area contributed by atoms with Gasteiger partial charge in [-0.3, -0.25) is 0 Å². The molecule has 1 atom stereocenters. The molecule has 19 heavy (non-hydrogen) atoms. The molecule has 1 aliphatic heterocycles. The number of nitrogen functional groups attached to an aromatic ring is 1. The normalized spacial score (nSPS) is 20.3. The summed E-state index contributed by atoms with van der Waals surface area (Å²) in [5.41, 5.74) is 4.78. The highest BCUT2D eigenvalue weighted by molar-refractivity contribution is 5.50. The Labute approximate surface area is 110 Å². The fourth-order valence-corrected chi connectivity index (χ4v) is 2.62. The number of hydrogen-bond donors (Lipinski definition) is 1. The lowest BCUT2D eigenvalue weighted by atomic mass is 10.0. The SMILES string of the molecule is CC(C)C1CCCN1c1cc(C(F)(F)F)cc(N)n1. The van der Waals surface area contributed by atoms with Crippen LogP contribution in [0.15, 0.2) is 12.1 Å². The zero-order chi connectivity index (χ0) is 14.2. The van der Waals surface area contributed by atoms with E-state index in [4.69, 9.17) is 5.73 Å². The van der Waals surface area contributed by atoms with Crippen molar-refractivity contribution in [1.29, 1.82) is 0 Å². The van der Waals surface area contributed by atoms with Crippen LogP contribution >= 0.6 is 0 Å². The van der Waals surface area contributed by atoms with Crippen LogP contribution in [-0.2, 0) is 6.18 Å². The fraction of sp³-hybridized carbons (Fsp3) is 0.615. The molecule has 1 aliphatic rings. The smallest absolute Gasteiger partial charge is 0.384 e. The number of halogens is 3. The summed E-state index contributed by atoms with van der Waals surface area (Å²) in [4.78, 5) is 6.01. The van der Waals surface area contributed by atoms with Gasteiger partial charge in [0, 0.05) is 12.6 Å². The molecule has 0 aliphatic carbocycles. The van der Waals surface area contributed by atoms with Crippen molar-refractivity contribution in [3.05, 3.63) is 17.7 Å². The van der Waals surface area contributed by atoms with E-state index in [1.165, 1.54) is 0 Å². The van der Waals surface area contributed by atoms with Gasteiger partial charge in [-0.05, 0) is 30.9 Å². The lowest BCUT2D eigenvalue weighted by Gasteiger charge is -2.29. The average molecular weight is 273 g/mol. The van der Waals surface area contributed by atoms with Gasteiger partial charge in [-0.25, -0.2) is 4.98 Å². The Bertz CT molecular complexity index is 457. The molecule has 106 valence electrons. The highest BCUT2D eigenvalue weighted by Crippen LogP contribution is 2.35. The summed E-state index contributed by atoms with van der Waals surface area (Å²) in [7, 11) is 0. The van der Waals surface area contributed by atoms with Gasteiger partial charge < -0.3 is 10.6 Å². The van der Waals surface area contributed by atoms with E-state index in [9.17, 15) is 13.2 Å². The van der Waals surface area contributed by atoms with Gasteiger partial charge in [0.15, 0.2) is 0 Å². The Morgan fingerprint density at radius 1 is 1.37 bits per heavy atom. The van der Waals surface area contributed by atoms with Gasteiger partial charge >= 0.3 is 6.18 Å². The number of pyridine rings is 1. The molecule has 2 rings (SSSR count). The molecule has 0 amide bonds. The molecule has 1 fully saturated rings. The second kappa shape index (κ2) is 4.90. The van der Waals surface area contributed by atoms with Crippen LogP contribution in [0.25, 0.3) is 0 Å². The zero-order valence-corrected chi connectivity index (χ0v) is 11.0. The van der Waals surface area contributed by atoms with Crippen molar-refractivity contribution in [2.75, 3.05) is 17.2 Å². The summed E-state index contributed by atoms with van der Waals surface area (Å²) in [5.74, 6) is 0.628. The van der Waals surface area contributed by atoms with E-state index >= 15 is 0 Å². The van der Waals surface area contributed by atoms with Crippen LogP contribution < -0.4 is 10.6 Å². The molecule has 1 saturated heterocycles. The highest BCUT2D eigenvalue weighted by Gasteiger charge is 2.34. The first-order chi connectivity index (χ1) is 8.79. The summed E-state index contributed by atoms with van der Waals surface area (Å²) in [6.45, 7) is 4.87. The van der Waals surface area contributed by atoms with Crippen molar-refractivity contribution in [2.45, 2.75) is 38.9 Å². The maximum absolute atomic E-state index is 12.8. The van der Waals surface area contributed by atoms with Gasteiger partial charge in [0.2, 0.25) is 0 Å². The number of alkyl halides is 3. The van der Waals surface area contributed by atoms with E-state index in [1.807, 2.05) is 4.90 Å². The Morgan fingerprint density at radius 2 is 2.05 bits per heavy atom. The predicted molar refractivity (Wildman–Crippen MR) is 68.9 cm³/mol. The first-order valence-corrected chi connectivity index (χ1v) is 6.40.